The van der Waals surface area contributed by atoms with Crippen LogP contribution >= 0.6 is 0 Å². The van der Waals surface area contributed by atoms with Crippen molar-refractivity contribution in [3.05, 3.63) is 0 Å². The summed E-state index contributed by atoms with van der Waals surface area (Å²) < 4.78 is 0. The van der Waals surface area contributed by atoms with E-state index in [1.165, 1.54) is 12.8 Å². The fourth-order valence-electron chi connectivity index (χ4n) is 2.93. The quantitative estimate of drug-likeness (QED) is 0.773. The number of carboxylic acids is 1. The molecule has 3 nitrogen and oxygen atoms in total. The summed E-state index contributed by atoms with van der Waals surface area (Å²) in [5, 5.41) is 9.14. The zero-order valence-corrected chi connectivity index (χ0v) is 9.65. The standard InChI is InChI=1S/C12H21NO2/c1-8(9-6-7-9)13(2)11-5-3-4-10(11)12(14)15/h8-11H,3-7H2,1-2H3,(H,14,15). The van der Waals surface area contributed by atoms with Crippen LogP contribution in [-0.4, -0.2) is 35.1 Å². The van der Waals surface area contributed by atoms with Gasteiger partial charge in [-0.3, -0.25) is 9.69 Å². The Morgan fingerprint density at radius 1 is 1.33 bits per heavy atom. The SMILES string of the molecule is CC(C1CC1)N(C)C1CCCC1C(=O)O. The van der Waals surface area contributed by atoms with Crippen molar-refractivity contribution in [3.63, 3.8) is 0 Å². The third-order valence-corrected chi connectivity index (χ3v) is 4.27. The second kappa shape index (κ2) is 4.12. The first kappa shape index (κ1) is 10.9. The summed E-state index contributed by atoms with van der Waals surface area (Å²) in [4.78, 5) is 13.4. The van der Waals surface area contributed by atoms with E-state index in [0.717, 1.165) is 25.2 Å². The molecule has 3 atom stereocenters. The van der Waals surface area contributed by atoms with E-state index in [4.69, 9.17) is 5.11 Å². The zero-order valence-electron chi connectivity index (χ0n) is 9.65. The average Bonchev–Trinajstić information content (AvgIpc) is 2.92. The van der Waals surface area contributed by atoms with Crippen LogP contribution in [0, 0.1) is 11.8 Å². The van der Waals surface area contributed by atoms with Gasteiger partial charge in [0.1, 0.15) is 0 Å². The van der Waals surface area contributed by atoms with Crippen LogP contribution in [0.25, 0.3) is 0 Å². The van der Waals surface area contributed by atoms with Gasteiger partial charge in [-0.25, -0.2) is 0 Å². The van der Waals surface area contributed by atoms with Crippen molar-refractivity contribution in [3.8, 4) is 0 Å². The predicted octanol–water partition coefficient (Wildman–Crippen LogP) is 1.97. The average molecular weight is 211 g/mol. The lowest BCUT2D eigenvalue weighted by atomic mass is 10.0. The highest BCUT2D eigenvalue weighted by Crippen LogP contribution is 2.38. The Morgan fingerprint density at radius 3 is 2.53 bits per heavy atom. The zero-order chi connectivity index (χ0) is 11.0. The summed E-state index contributed by atoms with van der Waals surface area (Å²) in [5.74, 6) is 0.0913. The number of hydrogen-bond acceptors (Lipinski definition) is 2. The third kappa shape index (κ3) is 2.17. The molecule has 0 aromatic carbocycles. The maximum Gasteiger partial charge on any atom is 0.308 e. The molecule has 0 bridgehead atoms. The second-order valence-corrected chi connectivity index (χ2v) is 5.19. The Balaban J connectivity index is 1.98. The highest BCUT2D eigenvalue weighted by molar-refractivity contribution is 5.71. The number of hydrogen-bond donors (Lipinski definition) is 1. The molecule has 0 heterocycles. The molecule has 2 rings (SSSR count). The lowest BCUT2D eigenvalue weighted by Gasteiger charge is -2.33. The van der Waals surface area contributed by atoms with Crippen LogP contribution in [0.2, 0.25) is 0 Å². The number of aliphatic carboxylic acids is 1. The summed E-state index contributed by atoms with van der Waals surface area (Å²) in [7, 11) is 2.11. The van der Waals surface area contributed by atoms with E-state index in [2.05, 4.69) is 18.9 Å². The number of carbonyl (C=O) groups is 1. The van der Waals surface area contributed by atoms with Gasteiger partial charge in [0.15, 0.2) is 0 Å². The maximum absolute atomic E-state index is 11.1. The Bertz CT molecular complexity index is 250. The summed E-state index contributed by atoms with van der Waals surface area (Å²) in [6, 6.07) is 0.841. The first-order valence-electron chi connectivity index (χ1n) is 6.06. The Hall–Kier alpha value is -0.570. The number of carboxylic acid groups (broad SMARTS) is 1. The van der Waals surface area contributed by atoms with E-state index < -0.39 is 5.97 Å². The highest BCUT2D eigenvalue weighted by Gasteiger charge is 2.40. The van der Waals surface area contributed by atoms with E-state index in [9.17, 15) is 4.79 Å². The van der Waals surface area contributed by atoms with Gasteiger partial charge in [-0.15, -0.1) is 0 Å². The van der Waals surface area contributed by atoms with Crippen molar-refractivity contribution in [2.45, 2.75) is 51.1 Å². The molecule has 0 spiro atoms. The minimum atomic E-state index is -0.604. The molecule has 2 saturated carbocycles. The van der Waals surface area contributed by atoms with Crippen LogP contribution in [0.5, 0.6) is 0 Å². The van der Waals surface area contributed by atoms with Crippen LogP contribution in [0.1, 0.15) is 39.0 Å². The van der Waals surface area contributed by atoms with Crippen molar-refractivity contribution in [2.24, 2.45) is 11.8 Å². The van der Waals surface area contributed by atoms with Crippen LogP contribution in [0.3, 0.4) is 0 Å². The number of nitrogens with zero attached hydrogens (tertiary/aromatic N) is 1. The van der Waals surface area contributed by atoms with Crippen LogP contribution in [-0.2, 0) is 4.79 Å². The van der Waals surface area contributed by atoms with Gasteiger partial charge < -0.3 is 5.11 Å². The molecule has 15 heavy (non-hydrogen) atoms. The second-order valence-electron chi connectivity index (χ2n) is 5.19. The van der Waals surface area contributed by atoms with Gasteiger partial charge >= 0.3 is 5.97 Å². The lowest BCUT2D eigenvalue weighted by molar-refractivity contribution is -0.143. The molecular weight excluding hydrogens is 190 g/mol. The molecule has 1 N–H and O–H groups in total. The van der Waals surface area contributed by atoms with E-state index in [-0.39, 0.29) is 12.0 Å². The molecule has 3 unspecified atom stereocenters. The van der Waals surface area contributed by atoms with Gasteiger partial charge in [-0.1, -0.05) is 6.42 Å². The molecule has 0 saturated heterocycles. The van der Waals surface area contributed by atoms with Gasteiger partial charge in [-0.2, -0.15) is 0 Å². The topological polar surface area (TPSA) is 40.5 Å². The Morgan fingerprint density at radius 2 is 2.00 bits per heavy atom. The molecule has 2 aliphatic rings. The highest BCUT2D eigenvalue weighted by atomic mass is 16.4. The smallest absolute Gasteiger partial charge is 0.308 e. The molecule has 0 aromatic heterocycles. The van der Waals surface area contributed by atoms with E-state index in [1.54, 1.807) is 0 Å². The molecule has 86 valence electrons. The predicted molar refractivity (Wildman–Crippen MR) is 58.7 cm³/mol. The summed E-state index contributed by atoms with van der Waals surface area (Å²) in [6.07, 6.45) is 5.65. The summed E-state index contributed by atoms with van der Waals surface area (Å²) in [6.45, 7) is 2.24. The monoisotopic (exact) mass is 211 g/mol. The van der Waals surface area contributed by atoms with Gasteiger partial charge in [0.05, 0.1) is 5.92 Å². The van der Waals surface area contributed by atoms with Crippen molar-refractivity contribution in [1.82, 2.24) is 4.90 Å². The fourth-order valence-corrected chi connectivity index (χ4v) is 2.93. The minimum absolute atomic E-state index is 0.129. The van der Waals surface area contributed by atoms with Gasteiger partial charge in [0.25, 0.3) is 0 Å². The van der Waals surface area contributed by atoms with Crippen LogP contribution in [0.4, 0.5) is 0 Å². The van der Waals surface area contributed by atoms with Gasteiger partial charge in [0, 0.05) is 12.1 Å². The van der Waals surface area contributed by atoms with Crippen LogP contribution in [0.15, 0.2) is 0 Å². The normalized spacial score (nSPS) is 33.3. The summed E-state index contributed by atoms with van der Waals surface area (Å²) in [5.41, 5.74) is 0. The molecular formula is C12H21NO2. The Kier molecular flexibility index (Phi) is 3.01. The molecule has 0 radical (unpaired) electrons. The van der Waals surface area contributed by atoms with Crippen molar-refractivity contribution < 1.29 is 9.90 Å². The maximum atomic E-state index is 11.1. The molecule has 2 aliphatic carbocycles. The van der Waals surface area contributed by atoms with Gasteiger partial charge in [-0.05, 0) is 45.6 Å². The van der Waals surface area contributed by atoms with E-state index in [1.807, 2.05) is 0 Å². The van der Waals surface area contributed by atoms with E-state index in [0.29, 0.717) is 6.04 Å². The van der Waals surface area contributed by atoms with Crippen LogP contribution < -0.4 is 0 Å². The molecule has 0 aromatic rings. The van der Waals surface area contributed by atoms with Crippen molar-refractivity contribution in [2.75, 3.05) is 7.05 Å². The molecule has 0 aliphatic heterocycles. The van der Waals surface area contributed by atoms with Crippen molar-refractivity contribution >= 4 is 5.97 Å². The number of rotatable bonds is 4. The largest absolute Gasteiger partial charge is 0.481 e. The minimum Gasteiger partial charge on any atom is -0.481 e. The first-order chi connectivity index (χ1) is 7.11. The molecule has 0 amide bonds. The van der Waals surface area contributed by atoms with E-state index >= 15 is 0 Å². The fraction of sp³-hybridized carbons (Fsp3) is 0.917. The first-order valence-corrected chi connectivity index (χ1v) is 6.06. The third-order valence-electron chi connectivity index (χ3n) is 4.27. The van der Waals surface area contributed by atoms with Gasteiger partial charge in [0.2, 0.25) is 0 Å². The van der Waals surface area contributed by atoms with Crippen molar-refractivity contribution in [1.29, 1.82) is 0 Å². The Labute approximate surface area is 91.5 Å². The lowest BCUT2D eigenvalue weighted by Crippen LogP contribution is -2.43. The molecule has 2 fully saturated rings. The summed E-state index contributed by atoms with van der Waals surface area (Å²) >= 11 is 0. The molecule has 3 heteroatoms.